The molecule has 2 aromatic carbocycles. The zero-order valence-corrected chi connectivity index (χ0v) is 22.3. The molecule has 1 aromatic heterocycles. The maximum atomic E-state index is 13.7. The van der Waals surface area contributed by atoms with Crippen molar-refractivity contribution in [2.75, 3.05) is 13.1 Å². The highest BCUT2D eigenvalue weighted by molar-refractivity contribution is 9.10. The second-order valence-electron chi connectivity index (χ2n) is 9.40. The molecule has 0 N–H and O–H groups in total. The van der Waals surface area contributed by atoms with Gasteiger partial charge in [-0.3, -0.25) is 9.59 Å². The van der Waals surface area contributed by atoms with Crippen LogP contribution in [0.25, 0.3) is 0 Å². The predicted molar refractivity (Wildman–Crippen MR) is 143 cm³/mol. The molecule has 2 amide bonds. The smallest absolute Gasteiger partial charge is 0.254 e. The number of halogens is 2. The molecule has 7 heteroatoms. The average Bonchev–Trinajstić information content (AvgIpc) is 3.33. The summed E-state index contributed by atoms with van der Waals surface area (Å²) in [7, 11) is 0. The molecule has 1 aliphatic rings. The second kappa shape index (κ2) is 12.3. The molecule has 3 aromatic rings. The summed E-state index contributed by atoms with van der Waals surface area (Å²) in [6.07, 6.45) is 7.38. The summed E-state index contributed by atoms with van der Waals surface area (Å²) in [6, 6.07) is 18.0. The highest BCUT2D eigenvalue weighted by atomic mass is 79.9. The van der Waals surface area contributed by atoms with Crippen molar-refractivity contribution in [3.8, 4) is 0 Å². The van der Waals surface area contributed by atoms with Crippen LogP contribution in [0.5, 0.6) is 0 Å². The minimum atomic E-state index is -0.251. The van der Waals surface area contributed by atoms with Crippen molar-refractivity contribution < 1.29 is 14.0 Å². The fraction of sp³-hybridized carbons (Fsp3) is 0.379. The van der Waals surface area contributed by atoms with E-state index in [-0.39, 0.29) is 30.2 Å². The van der Waals surface area contributed by atoms with Crippen molar-refractivity contribution in [2.24, 2.45) is 0 Å². The van der Waals surface area contributed by atoms with Crippen molar-refractivity contribution in [1.82, 2.24) is 14.4 Å². The lowest BCUT2D eigenvalue weighted by Gasteiger charge is -2.36. The van der Waals surface area contributed by atoms with Gasteiger partial charge in [-0.15, -0.1) is 0 Å². The Morgan fingerprint density at radius 2 is 1.78 bits per heavy atom. The summed E-state index contributed by atoms with van der Waals surface area (Å²) in [5, 5.41) is 0. The van der Waals surface area contributed by atoms with Crippen LogP contribution in [0.4, 0.5) is 4.39 Å². The maximum absolute atomic E-state index is 13.7. The van der Waals surface area contributed by atoms with Crippen LogP contribution in [-0.4, -0.2) is 45.3 Å². The lowest BCUT2D eigenvalue weighted by atomic mass is 9.94. The molecule has 36 heavy (non-hydrogen) atoms. The van der Waals surface area contributed by atoms with Crippen LogP contribution in [0.3, 0.4) is 0 Å². The van der Waals surface area contributed by atoms with Gasteiger partial charge in [-0.25, -0.2) is 4.39 Å². The zero-order chi connectivity index (χ0) is 25.5. The van der Waals surface area contributed by atoms with E-state index in [1.54, 1.807) is 29.2 Å². The number of carbonyl (C=O) groups is 2. The first-order valence-electron chi connectivity index (χ1n) is 12.7. The molecule has 1 aliphatic carbocycles. The van der Waals surface area contributed by atoms with Gasteiger partial charge < -0.3 is 14.4 Å². The van der Waals surface area contributed by atoms with Gasteiger partial charge in [0.25, 0.3) is 5.91 Å². The van der Waals surface area contributed by atoms with Gasteiger partial charge in [0.2, 0.25) is 5.91 Å². The molecule has 5 nitrogen and oxygen atoms in total. The highest BCUT2D eigenvalue weighted by Crippen LogP contribution is 2.25. The minimum absolute atomic E-state index is 0.0263. The summed E-state index contributed by atoms with van der Waals surface area (Å²) in [5.74, 6) is -0.421. The van der Waals surface area contributed by atoms with E-state index in [0.29, 0.717) is 25.2 Å². The van der Waals surface area contributed by atoms with Gasteiger partial charge in [0.1, 0.15) is 12.4 Å². The van der Waals surface area contributed by atoms with Crippen molar-refractivity contribution >= 4 is 27.7 Å². The van der Waals surface area contributed by atoms with Crippen molar-refractivity contribution in [1.29, 1.82) is 0 Å². The largest absolute Gasteiger partial charge is 0.345 e. The molecule has 1 fully saturated rings. The van der Waals surface area contributed by atoms with Crippen LogP contribution in [0.15, 0.2) is 71.3 Å². The van der Waals surface area contributed by atoms with E-state index in [4.69, 9.17) is 0 Å². The van der Waals surface area contributed by atoms with Gasteiger partial charge in [0, 0.05) is 41.1 Å². The second-order valence-corrected chi connectivity index (χ2v) is 10.3. The van der Waals surface area contributed by atoms with Crippen molar-refractivity contribution in [3.05, 3.63) is 94.0 Å². The van der Waals surface area contributed by atoms with E-state index in [1.165, 1.54) is 18.6 Å². The van der Waals surface area contributed by atoms with Gasteiger partial charge in [-0.1, -0.05) is 53.4 Å². The lowest BCUT2D eigenvalue weighted by Crippen LogP contribution is -2.47. The van der Waals surface area contributed by atoms with E-state index >= 15 is 0 Å². The Morgan fingerprint density at radius 3 is 2.47 bits per heavy atom. The summed E-state index contributed by atoms with van der Waals surface area (Å²) in [4.78, 5) is 30.5. The standard InChI is InChI=1S/C29H33BrFN3O2/c1-2-32(29(36)23-8-6-9-24(30)18-23)21-28(35)34(26-10-4-3-5-11-26)20-27-12-7-17-33(27)19-22-13-15-25(31)16-14-22/h6-9,12-18,26H,2-5,10-11,19-21H2,1H3. The summed E-state index contributed by atoms with van der Waals surface area (Å²) < 4.78 is 16.3. The summed E-state index contributed by atoms with van der Waals surface area (Å²) in [6.45, 7) is 3.51. The minimum Gasteiger partial charge on any atom is -0.345 e. The lowest BCUT2D eigenvalue weighted by molar-refractivity contribution is -0.135. The van der Waals surface area contributed by atoms with E-state index in [2.05, 4.69) is 20.5 Å². The molecule has 0 bridgehead atoms. The van der Waals surface area contributed by atoms with Gasteiger partial charge in [-0.2, -0.15) is 0 Å². The number of benzene rings is 2. The first kappa shape index (κ1) is 26.1. The van der Waals surface area contributed by atoms with Gasteiger partial charge in [-0.05, 0) is 67.8 Å². The maximum Gasteiger partial charge on any atom is 0.254 e. The van der Waals surface area contributed by atoms with Gasteiger partial charge >= 0.3 is 0 Å². The van der Waals surface area contributed by atoms with Crippen LogP contribution < -0.4 is 0 Å². The fourth-order valence-electron chi connectivity index (χ4n) is 4.91. The Balaban J connectivity index is 1.52. The highest BCUT2D eigenvalue weighted by Gasteiger charge is 2.28. The number of hydrogen-bond donors (Lipinski definition) is 0. The zero-order valence-electron chi connectivity index (χ0n) is 20.7. The quantitative estimate of drug-likeness (QED) is 0.314. The molecule has 0 aliphatic heterocycles. The molecule has 0 unspecified atom stereocenters. The molecule has 190 valence electrons. The molecule has 0 saturated heterocycles. The third-order valence-electron chi connectivity index (χ3n) is 6.92. The Bertz CT molecular complexity index is 1170. The van der Waals surface area contributed by atoms with E-state index in [0.717, 1.165) is 41.4 Å². The van der Waals surface area contributed by atoms with Crippen LogP contribution in [0.2, 0.25) is 0 Å². The third kappa shape index (κ3) is 6.64. The van der Waals surface area contributed by atoms with E-state index in [9.17, 15) is 14.0 Å². The molecule has 4 rings (SSSR count). The number of amides is 2. The van der Waals surface area contributed by atoms with Crippen LogP contribution in [0, 0.1) is 5.82 Å². The third-order valence-corrected chi connectivity index (χ3v) is 7.42. The first-order chi connectivity index (χ1) is 17.4. The monoisotopic (exact) mass is 553 g/mol. The molecular formula is C29H33BrFN3O2. The van der Waals surface area contributed by atoms with Crippen molar-refractivity contribution in [3.63, 3.8) is 0 Å². The number of carbonyl (C=O) groups excluding carboxylic acids is 2. The number of likely N-dealkylation sites (N-methyl/N-ethyl adjacent to an activating group) is 1. The number of aromatic nitrogens is 1. The molecule has 1 saturated carbocycles. The van der Waals surface area contributed by atoms with E-state index in [1.807, 2.05) is 42.3 Å². The molecular weight excluding hydrogens is 521 g/mol. The molecule has 1 heterocycles. The topological polar surface area (TPSA) is 45.6 Å². The Hall–Kier alpha value is -2.93. The fourth-order valence-corrected chi connectivity index (χ4v) is 5.31. The SMILES string of the molecule is CCN(CC(=O)N(Cc1cccn1Cc1ccc(F)cc1)C1CCCCC1)C(=O)c1cccc(Br)c1. The summed E-state index contributed by atoms with van der Waals surface area (Å²) in [5.41, 5.74) is 2.59. The number of nitrogens with zero attached hydrogens (tertiary/aromatic N) is 3. The molecule has 0 spiro atoms. The normalized spacial score (nSPS) is 14.0. The Kier molecular flexibility index (Phi) is 8.97. The number of rotatable bonds is 9. The van der Waals surface area contributed by atoms with Crippen molar-refractivity contribution in [2.45, 2.75) is 58.2 Å². The van der Waals surface area contributed by atoms with E-state index < -0.39 is 0 Å². The Morgan fingerprint density at radius 1 is 1.03 bits per heavy atom. The van der Waals surface area contributed by atoms with Crippen LogP contribution in [0.1, 0.15) is 60.6 Å². The molecule has 0 atom stereocenters. The average molecular weight is 555 g/mol. The van der Waals surface area contributed by atoms with Crippen LogP contribution >= 0.6 is 15.9 Å². The Labute approximate surface area is 221 Å². The molecule has 0 radical (unpaired) electrons. The van der Waals surface area contributed by atoms with Gasteiger partial charge in [0.15, 0.2) is 0 Å². The number of hydrogen-bond acceptors (Lipinski definition) is 2. The summed E-state index contributed by atoms with van der Waals surface area (Å²) >= 11 is 3.43. The van der Waals surface area contributed by atoms with Crippen LogP contribution in [-0.2, 0) is 17.9 Å². The van der Waals surface area contributed by atoms with Gasteiger partial charge in [0.05, 0.1) is 6.54 Å². The predicted octanol–water partition coefficient (Wildman–Crippen LogP) is 6.26. The first-order valence-corrected chi connectivity index (χ1v) is 13.5.